The van der Waals surface area contributed by atoms with Crippen LogP contribution in [0.5, 0.6) is 28.7 Å². The van der Waals surface area contributed by atoms with E-state index in [0.29, 0.717) is 11.1 Å². The van der Waals surface area contributed by atoms with Crippen molar-refractivity contribution in [1.29, 1.82) is 0 Å². The summed E-state index contributed by atoms with van der Waals surface area (Å²) in [6.45, 7) is -1.49. The summed E-state index contributed by atoms with van der Waals surface area (Å²) in [5, 5.41) is 103. The van der Waals surface area contributed by atoms with Crippen molar-refractivity contribution in [3.05, 3.63) is 89.2 Å². The van der Waals surface area contributed by atoms with Gasteiger partial charge in [-0.3, -0.25) is 9.59 Å². The van der Waals surface area contributed by atoms with E-state index < -0.39 is 111 Å². The highest BCUT2D eigenvalue weighted by Crippen LogP contribution is 2.46. The summed E-state index contributed by atoms with van der Waals surface area (Å²) in [7, 11) is 0. The Bertz CT molecular complexity index is 2030. The molecule has 2 saturated heterocycles. The van der Waals surface area contributed by atoms with Crippen molar-refractivity contribution in [3.63, 3.8) is 0 Å². The lowest BCUT2D eigenvalue weighted by Gasteiger charge is -2.42. The quantitative estimate of drug-likeness (QED) is 0.0593. The van der Waals surface area contributed by atoms with Crippen molar-refractivity contribution in [1.82, 2.24) is 0 Å². The molecule has 0 saturated carbocycles. The fourth-order valence-corrected chi connectivity index (χ4v) is 6.29. The second kappa shape index (κ2) is 18.3. The molecule has 3 aromatic carbocycles. The van der Waals surface area contributed by atoms with Crippen molar-refractivity contribution in [2.75, 3.05) is 13.2 Å². The molecule has 11 unspecified atom stereocenters. The molecule has 3 aliphatic rings. The average molecular weight is 829 g/mol. The number of carboxylic acids is 1. The fourth-order valence-electron chi connectivity index (χ4n) is 6.29. The Morgan fingerprint density at radius 3 is 2.02 bits per heavy atom. The lowest BCUT2D eigenvalue weighted by Crippen LogP contribution is -2.61. The molecule has 2 fully saturated rings. The van der Waals surface area contributed by atoms with Crippen LogP contribution < -0.4 is 9.47 Å². The van der Waals surface area contributed by atoms with Crippen LogP contribution in [0.25, 0.3) is 12.2 Å². The summed E-state index contributed by atoms with van der Waals surface area (Å²) in [5.41, 5.74) is 0.925. The van der Waals surface area contributed by atoms with E-state index in [1.807, 2.05) is 0 Å². The molecule has 6 rings (SSSR count). The number of fused-ring (bicyclic) bond motifs is 1. The number of rotatable bonds is 13. The van der Waals surface area contributed by atoms with Crippen LogP contribution >= 0.6 is 0 Å². The van der Waals surface area contributed by atoms with Gasteiger partial charge in [0.15, 0.2) is 12.2 Å². The lowest BCUT2D eigenvalue weighted by atomic mass is 9.98. The number of esters is 2. The first-order valence-electron chi connectivity index (χ1n) is 17.9. The van der Waals surface area contributed by atoms with Gasteiger partial charge in [0.2, 0.25) is 12.6 Å². The van der Waals surface area contributed by atoms with Gasteiger partial charge in [0, 0.05) is 23.8 Å². The average Bonchev–Trinajstić information content (AvgIpc) is 3.20. The summed E-state index contributed by atoms with van der Waals surface area (Å²) in [4.78, 5) is 35.4. The number of hydrogen-bond acceptors (Lipinski definition) is 19. The highest BCUT2D eigenvalue weighted by Gasteiger charge is 2.49. The smallest absolute Gasteiger partial charge is 0.330 e. The zero-order valence-corrected chi connectivity index (χ0v) is 30.5. The molecule has 0 aliphatic carbocycles. The predicted octanol–water partition coefficient (Wildman–Crippen LogP) is -0.437. The molecule has 316 valence electrons. The van der Waals surface area contributed by atoms with Crippen LogP contribution in [0.3, 0.4) is 0 Å². The van der Waals surface area contributed by atoms with E-state index >= 15 is 0 Å². The molecule has 0 radical (unpaired) electrons. The third kappa shape index (κ3) is 10.0. The van der Waals surface area contributed by atoms with Crippen LogP contribution in [-0.2, 0) is 38.1 Å². The Hall–Kier alpha value is -5.97. The molecule has 11 atom stereocenters. The van der Waals surface area contributed by atoms with Gasteiger partial charge in [-0.15, -0.1) is 0 Å². The minimum Gasteiger partial charge on any atom is -0.508 e. The Morgan fingerprint density at radius 1 is 0.729 bits per heavy atom. The van der Waals surface area contributed by atoms with Gasteiger partial charge in [0.05, 0.1) is 12.2 Å². The first kappa shape index (κ1) is 42.6. The number of carbonyl (C=O) groups is 3. The predicted molar refractivity (Wildman–Crippen MR) is 194 cm³/mol. The van der Waals surface area contributed by atoms with E-state index in [-0.39, 0.29) is 34.3 Å². The maximum absolute atomic E-state index is 12.5. The van der Waals surface area contributed by atoms with Gasteiger partial charge < -0.3 is 84.2 Å². The van der Waals surface area contributed by atoms with Gasteiger partial charge >= 0.3 is 17.9 Å². The molecule has 0 spiro atoms. The Morgan fingerprint density at radius 2 is 1.36 bits per heavy atom. The second-order valence-electron chi connectivity index (χ2n) is 13.5. The maximum Gasteiger partial charge on any atom is 0.330 e. The molecular weight excluding hydrogens is 788 g/mol. The molecule has 10 N–H and O–H groups in total. The van der Waals surface area contributed by atoms with E-state index in [2.05, 4.69) is 0 Å². The summed E-state index contributed by atoms with van der Waals surface area (Å²) >= 11 is 0. The highest BCUT2D eigenvalue weighted by molar-refractivity contribution is 5.90. The molecule has 20 heteroatoms. The Balaban J connectivity index is 1.25. The van der Waals surface area contributed by atoms with E-state index in [9.17, 15) is 60.3 Å². The minimum absolute atomic E-state index is 0.00505. The number of hydrogen-bond donors (Lipinski definition) is 10. The van der Waals surface area contributed by atoms with Crippen molar-refractivity contribution in [2.24, 2.45) is 0 Å². The standard InChI is InChI=1S/C39H40O20/c40-15-26-37(59-30(47)14-28(44)45)33(50)35(52)39(57-26)55-24-12-21(43)11-23-22(24)13-25(36(54-23)18-4-8-20(42)9-5-18)56-38-34(51)32(49)31(48)27(58-38)16-53-29(46)10-3-17-1-6-19(41)7-2-17/h1-13,26-27,31-43,48-52H,14-16H2,(H,44,45). The van der Waals surface area contributed by atoms with Crippen LogP contribution in [0.1, 0.15) is 29.2 Å². The largest absolute Gasteiger partial charge is 0.508 e. The van der Waals surface area contributed by atoms with Crippen LogP contribution in [0.4, 0.5) is 0 Å². The minimum atomic E-state index is -1.99. The summed E-state index contributed by atoms with van der Waals surface area (Å²) in [6, 6.07) is 13.8. The Labute approximate surface area is 333 Å². The number of phenolic OH excluding ortho intramolecular Hbond substituents is 3. The Kier molecular flexibility index (Phi) is 13.2. The lowest BCUT2D eigenvalue weighted by molar-refractivity contribution is -0.294. The second-order valence-corrected chi connectivity index (χ2v) is 13.5. The van der Waals surface area contributed by atoms with E-state index in [1.54, 1.807) is 12.1 Å². The van der Waals surface area contributed by atoms with Crippen molar-refractivity contribution in [3.8, 4) is 28.7 Å². The van der Waals surface area contributed by atoms with E-state index in [0.717, 1.165) is 12.1 Å². The number of ether oxygens (including phenoxy) is 7. The first-order chi connectivity index (χ1) is 28.1. The van der Waals surface area contributed by atoms with Gasteiger partial charge in [0.1, 0.15) is 90.3 Å². The summed E-state index contributed by atoms with van der Waals surface area (Å²) in [5.74, 6) is -4.64. The molecule has 59 heavy (non-hydrogen) atoms. The summed E-state index contributed by atoms with van der Waals surface area (Å²) < 4.78 is 39.7. The topological polar surface area (TPSA) is 318 Å². The van der Waals surface area contributed by atoms with Gasteiger partial charge in [-0.05, 0) is 42.0 Å². The number of aliphatic hydroxyl groups is 6. The third-order valence-corrected chi connectivity index (χ3v) is 9.32. The SMILES string of the molecule is O=C(O)CC(=O)OC1C(CO)OC(Oc2cc(O)cc3c2C=C(OC2OC(COC(=O)C=Cc4ccc(O)cc4)C(O)C(O)C2O)C(c2ccc(O)cc2)O3)C(O)C1O. The number of aliphatic carboxylic acids is 1. The molecule has 0 aromatic heterocycles. The van der Waals surface area contributed by atoms with Gasteiger partial charge in [-0.2, -0.15) is 0 Å². The fraction of sp³-hybridized carbons (Fsp3) is 0.359. The zero-order chi connectivity index (χ0) is 42.5. The van der Waals surface area contributed by atoms with Crippen LogP contribution in [-0.4, -0.2) is 144 Å². The number of carboxylic acid groups (broad SMARTS) is 1. The monoisotopic (exact) mass is 828 g/mol. The van der Waals surface area contributed by atoms with Crippen LogP contribution in [0.15, 0.2) is 72.5 Å². The van der Waals surface area contributed by atoms with Gasteiger partial charge in [-0.1, -0.05) is 24.3 Å². The number of carbonyl (C=O) groups excluding carboxylic acids is 2. The van der Waals surface area contributed by atoms with Gasteiger partial charge in [-0.25, -0.2) is 4.79 Å². The van der Waals surface area contributed by atoms with Crippen molar-refractivity contribution >= 4 is 30.1 Å². The molecule has 3 aromatic rings. The summed E-state index contributed by atoms with van der Waals surface area (Å²) in [6.07, 6.45) is -16.2. The van der Waals surface area contributed by atoms with E-state index in [4.69, 9.17) is 38.3 Å². The van der Waals surface area contributed by atoms with E-state index in [1.165, 1.54) is 54.6 Å². The van der Waals surface area contributed by atoms with Crippen LogP contribution in [0, 0.1) is 0 Å². The molecule has 3 aliphatic heterocycles. The number of benzene rings is 3. The molecule has 0 amide bonds. The number of phenols is 3. The molecule has 3 heterocycles. The molecule has 0 bridgehead atoms. The molecule has 20 nitrogen and oxygen atoms in total. The zero-order valence-electron chi connectivity index (χ0n) is 30.5. The highest BCUT2D eigenvalue weighted by atomic mass is 16.7. The normalized spacial score (nSPS) is 29.1. The van der Waals surface area contributed by atoms with Crippen LogP contribution in [0.2, 0.25) is 0 Å². The third-order valence-electron chi connectivity index (χ3n) is 9.32. The number of aromatic hydroxyl groups is 3. The van der Waals surface area contributed by atoms with Crippen molar-refractivity contribution in [2.45, 2.75) is 73.9 Å². The number of aliphatic hydroxyl groups excluding tert-OH is 6. The van der Waals surface area contributed by atoms with Crippen molar-refractivity contribution < 1.29 is 98.6 Å². The maximum atomic E-state index is 12.5. The first-order valence-corrected chi connectivity index (χ1v) is 17.9. The molecular formula is C39H40O20. The van der Waals surface area contributed by atoms with Gasteiger partial charge in [0.25, 0.3) is 0 Å².